The molecule has 3 amide bonds. The number of alkyl halides is 2. The van der Waals surface area contributed by atoms with E-state index in [2.05, 4.69) is 16.0 Å². The highest BCUT2D eigenvalue weighted by Crippen LogP contribution is 2.65. The highest BCUT2D eigenvalue weighted by atomic mass is 35.5. The first-order chi connectivity index (χ1) is 19.8. The predicted molar refractivity (Wildman–Crippen MR) is 161 cm³/mol. The largest absolute Gasteiger partial charge is 0.381 e. The average molecular weight is 680 g/mol. The maximum atomic E-state index is 15.1. The SMILES string of the molecule is CCOCCC(=O)Nc1c(F)ccc(NC(=O)c2cc(NC(=O)C3[C@H](c4ccc(Cl)c(Cl)c4)C3(Cl)Cl)ccc2Cl)c1F. The number of halogens is 7. The number of hydrogen-bond acceptors (Lipinski definition) is 4. The zero-order valence-electron chi connectivity index (χ0n) is 21.7. The summed E-state index contributed by atoms with van der Waals surface area (Å²) >= 11 is 31.1. The van der Waals surface area contributed by atoms with E-state index in [-0.39, 0.29) is 34.3 Å². The van der Waals surface area contributed by atoms with Crippen LogP contribution in [0.1, 0.15) is 35.2 Å². The van der Waals surface area contributed by atoms with E-state index in [1.54, 1.807) is 25.1 Å². The minimum atomic E-state index is -1.41. The summed E-state index contributed by atoms with van der Waals surface area (Å²) in [6, 6.07) is 10.8. The summed E-state index contributed by atoms with van der Waals surface area (Å²) in [5.41, 5.74) is -0.464. The first-order valence-electron chi connectivity index (χ1n) is 12.4. The predicted octanol–water partition coefficient (Wildman–Crippen LogP) is 8.07. The van der Waals surface area contributed by atoms with Crippen LogP contribution in [0, 0.1) is 17.6 Å². The third-order valence-electron chi connectivity index (χ3n) is 6.40. The Labute approximate surface area is 264 Å². The molecule has 1 unspecified atom stereocenters. The van der Waals surface area contributed by atoms with Gasteiger partial charge in [-0.1, -0.05) is 40.9 Å². The van der Waals surface area contributed by atoms with Crippen LogP contribution in [-0.2, 0) is 14.3 Å². The molecule has 2 atom stereocenters. The molecular formula is C28H22Cl5F2N3O4. The number of anilines is 3. The van der Waals surface area contributed by atoms with E-state index in [1.165, 1.54) is 18.2 Å². The van der Waals surface area contributed by atoms with Crippen LogP contribution in [0.5, 0.6) is 0 Å². The van der Waals surface area contributed by atoms with Gasteiger partial charge in [-0.25, -0.2) is 8.78 Å². The molecule has 4 rings (SSSR count). The normalized spacial score (nSPS) is 17.0. The fourth-order valence-corrected chi connectivity index (χ4v) is 5.57. The van der Waals surface area contributed by atoms with Gasteiger partial charge in [-0.05, 0) is 55.0 Å². The topological polar surface area (TPSA) is 96.5 Å². The molecule has 1 aliphatic rings. The standard InChI is InChI=1S/C28H22Cl5F2N3O4/c1-2-42-10-9-21(39)38-25-19(34)7-8-20(24(25)35)37-26(40)15-12-14(4-6-16(15)29)36-27(41)23-22(28(23,32)33)13-3-5-17(30)18(31)11-13/h3-8,11-12,22-23H,2,9-10H2,1H3,(H,36,41)(H,37,40)(H,38,39)/t22-,23?/m0/s1. The van der Waals surface area contributed by atoms with E-state index in [0.29, 0.717) is 17.2 Å². The van der Waals surface area contributed by atoms with E-state index in [9.17, 15) is 18.8 Å². The van der Waals surface area contributed by atoms with Crippen LogP contribution in [0.3, 0.4) is 0 Å². The van der Waals surface area contributed by atoms with Gasteiger partial charge in [-0.2, -0.15) is 0 Å². The Bertz CT molecular complexity index is 1560. The Hall–Kier alpha value is -2.66. The van der Waals surface area contributed by atoms with Gasteiger partial charge in [-0.15, -0.1) is 23.2 Å². The van der Waals surface area contributed by atoms with Crippen LogP contribution in [-0.4, -0.2) is 35.3 Å². The van der Waals surface area contributed by atoms with Crippen LogP contribution < -0.4 is 16.0 Å². The second kappa shape index (κ2) is 13.3. The van der Waals surface area contributed by atoms with Crippen molar-refractivity contribution in [1.29, 1.82) is 0 Å². The Kier molecular flexibility index (Phi) is 10.2. The lowest BCUT2D eigenvalue weighted by molar-refractivity contribution is -0.118. The lowest BCUT2D eigenvalue weighted by Gasteiger charge is -2.13. The Morgan fingerprint density at radius 1 is 0.905 bits per heavy atom. The number of amides is 3. The van der Waals surface area contributed by atoms with Crippen molar-refractivity contribution in [2.24, 2.45) is 5.92 Å². The van der Waals surface area contributed by atoms with Gasteiger partial charge in [0.05, 0.1) is 45.3 Å². The fourth-order valence-electron chi connectivity index (χ4n) is 4.23. The highest BCUT2D eigenvalue weighted by Gasteiger charge is 2.67. The molecule has 222 valence electrons. The Morgan fingerprint density at radius 2 is 1.62 bits per heavy atom. The molecule has 1 aliphatic carbocycles. The van der Waals surface area contributed by atoms with Crippen LogP contribution >= 0.6 is 58.0 Å². The first kappa shape index (κ1) is 32.3. The molecule has 7 nitrogen and oxygen atoms in total. The van der Waals surface area contributed by atoms with Gasteiger partial charge < -0.3 is 20.7 Å². The minimum absolute atomic E-state index is 0.0124. The Morgan fingerprint density at radius 3 is 2.31 bits per heavy atom. The molecule has 0 bridgehead atoms. The highest BCUT2D eigenvalue weighted by molar-refractivity contribution is 6.53. The van der Waals surface area contributed by atoms with Crippen LogP contribution in [0.25, 0.3) is 0 Å². The molecule has 0 spiro atoms. The van der Waals surface area contributed by atoms with E-state index in [1.807, 2.05) is 0 Å². The smallest absolute Gasteiger partial charge is 0.257 e. The third kappa shape index (κ3) is 7.10. The maximum Gasteiger partial charge on any atom is 0.257 e. The lowest BCUT2D eigenvalue weighted by atomic mass is 10.1. The number of ether oxygens (including phenoxy) is 1. The van der Waals surface area contributed by atoms with Crippen LogP contribution in [0.4, 0.5) is 25.8 Å². The van der Waals surface area contributed by atoms with Crippen molar-refractivity contribution < 1.29 is 27.9 Å². The summed E-state index contributed by atoms with van der Waals surface area (Å²) in [5, 5.41) is 7.72. The molecular weight excluding hydrogens is 658 g/mol. The van der Waals surface area contributed by atoms with Gasteiger partial charge in [0.1, 0.15) is 15.8 Å². The lowest BCUT2D eigenvalue weighted by Crippen LogP contribution is -2.19. The van der Waals surface area contributed by atoms with E-state index in [4.69, 9.17) is 62.7 Å². The van der Waals surface area contributed by atoms with Gasteiger partial charge in [0, 0.05) is 18.2 Å². The summed E-state index contributed by atoms with van der Waals surface area (Å²) in [6.07, 6.45) is -0.124. The molecule has 0 saturated heterocycles. The van der Waals surface area contributed by atoms with Gasteiger partial charge in [0.2, 0.25) is 11.8 Å². The monoisotopic (exact) mass is 677 g/mol. The maximum absolute atomic E-state index is 15.1. The number of carbonyl (C=O) groups excluding carboxylic acids is 3. The molecule has 3 aromatic rings. The number of hydrogen-bond donors (Lipinski definition) is 3. The number of rotatable bonds is 10. The molecule has 3 aromatic carbocycles. The summed E-state index contributed by atoms with van der Waals surface area (Å²) in [7, 11) is 0. The fraction of sp³-hybridized carbons (Fsp3) is 0.250. The minimum Gasteiger partial charge on any atom is -0.381 e. The van der Waals surface area contributed by atoms with Gasteiger partial charge >= 0.3 is 0 Å². The van der Waals surface area contributed by atoms with Crippen molar-refractivity contribution in [2.45, 2.75) is 23.6 Å². The number of carbonyl (C=O) groups is 3. The summed E-state index contributed by atoms with van der Waals surface area (Å²) < 4.78 is 33.0. The molecule has 0 heterocycles. The van der Waals surface area contributed by atoms with Crippen LogP contribution in [0.2, 0.25) is 15.1 Å². The average Bonchev–Trinajstić information content (AvgIpc) is 3.52. The van der Waals surface area contributed by atoms with Crippen molar-refractivity contribution >= 4 is 92.8 Å². The molecule has 3 N–H and O–H groups in total. The van der Waals surface area contributed by atoms with E-state index >= 15 is 4.39 Å². The van der Waals surface area contributed by atoms with E-state index in [0.717, 1.165) is 12.1 Å². The van der Waals surface area contributed by atoms with Crippen LogP contribution in [0.15, 0.2) is 48.5 Å². The third-order valence-corrected chi connectivity index (χ3v) is 8.41. The van der Waals surface area contributed by atoms with Crippen molar-refractivity contribution in [3.8, 4) is 0 Å². The summed E-state index contributed by atoms with van der Waals surface area (Å²) in [6.45, 7) is 2.19. The first-order valence-corrected chi connectivity index (χ1v) is 14.3. The molecule has 0 aliphatic heterocycles. The van der Waals surface area contributed by atoms with Crippen molar-refractivity contribution in [3.63, 3.8) is 0 Å². The van der Waals surface area contributed by atoms with Crippen molar-refractivity contribution in [2.75, 3.05) is 29.2 Å². The molecule has 14 heteroatoms. The van der Waals surface area contributed by atoms with Gasteiger partial charge in [0.25, 0.3) is 5.91 Å². The van der Waals surface area contributed by atoms with Gasteiger partial charge in [0.15, 0.2) is 5.82 Å². The summed E-state index contributed by atoms with van der Waals surface area (Å²) in [4.78, 5) is 38.1. The zero-order valence-corrected chi connectivity index (χ0v) is 25.5. The van der Waals surface area contributed by atoms with Gasteiger partial charge in [-0.3, -0.25) is 14.4 Å². The number of nitrogens with one attached hydrogen (secondary N) is 3. The Balaban J connectivity index is 1.48. The molecule has 1 fully saturated rings. The second-order valence-corrected chi connectivity index (χ2v) is 11.9. The molecule has 0 radical (unpaired) electrons. The second-order valence-electron chi connectivity index (χ2n) is 9.22. The van der Waals surface area contributed by atoms with Crippen molar-refractivity contribution in [3.05, 3.63) is 86.4 Å². The zero-order chi connectivity index (χ0) is 30.8. The molecule has 42 heavy (non-hydrogen) atoms. The summed E-state index contributed by atoms with van der Waals surface area (Å²) in [5.74, 6) is -5.71. The quantitative estimate of drug-likeness (QED) is 0.149. The van der Waals surface area contributed by atoms with E-state index < -0.39 is 56.9 Å². The van der Waals surface area contributed by atoms with Crippen molar-refractivity contribution in [1.82, 2.24) is 0 Å². The molecule has 1 saturated carbocycles. The molecule has 0 aromatic heterocycles. The number of benzene rings is 3.